The van der Waals surface area contributed by atoms with Crippen LogP contribution in [0.5, 0.6) is 0 Å². The minimum atomic E-state index is 0.677. The highest BCUT2D eigenvalue weighted by Gasteiger charge is 2.23. The zero-order valence-electron chi connectivity index (χ0n) is 13.5. The van der Waals surface area contributed by atoms with E-state index < -0.39 is 0 Å². The van der Waals surface area contributed by atoms with Crippen LogP contribution in [0.25, 0.3) is 0 Å². The lowest BCUT2D eigenvalue weighted by atomic mass is 9.81. The maximum Gasteiger partial charge on any atom is 0.0136 e. The van der Waals surface area contributed by atoms with E-state index in [1.54, 1.807) is 0 Å². The number of rotatable bonds is 6. The Morgan fingerprint density at radius 1 is 1.05 bits per heavy atom. The molecule has 1 aromatic rings. The molecule has 1 fully saturated rings. The van der Waals surface area contributed by atoms with Crippen LogP contribution in [0.15, 0.2) is 18.2 Å². The predicted octanol–water partition coefficient (Wildman–Crippen LogP) is 4.79. The van der Waals surface area contributed by atoms with Crippen molar-refractivity contribution in [2.24, 2.45) is 5.92 Å². The summed E-state index contributed by atoms with van der Waals surface area (Å²) in [6, 6.07) is 7.70. The van der Waals surface area contributed by atoms with Crippen LogP contribution in [-0.4, -0.2) is 12.6 Å². The smallest absolute Gasteiger partial charge is 0.0136 e. The Morgan fingerprint density at radius 3 is 2.30 bits per heavy atom. The minimum Gasteiger partial charge on any atom is -0.313 e. The second-order valence-corrected chi connectivity index (χ2v) is 6.66. The molecule has 1 aliphatic rings. The third-order valence-corrected chi connectivity index (χ3v) is 4.61. The Kier molecular flexibility index (Phi) is 6.09. The predicted molar refractivity (Wildman–Crippen MR) is 88.3 cm³/mol. The molecular formula is C19H31N. The molecule has 1 nitrogen and oxygen atoms in total. The highest BCUT2D eigenvalue weighted by molar-refractivity contribution is 5.29. The molecule has 0 amide bonds. The van der Waals surface area contributed by atoms with E-state index in [0.29, 0.717) is 6.04 Å². The molecular weight excluding hydrogens is 242 g/mol. The van der Waals surface area contributed by atoms with Crippen molar-refractivity contribution in [3.05, 3.63) is 34.9 Å². The van der Waals surface area contributed by atoms with Crippen molar-refractivity contribution in [1.82, 2.24) is 5.32 Å². The normalized spacial score (nSPS) is 18.1. The van der Waals surface area contributed by atoms with Gasteiger partial charge in [-0.15, -0.1) is 0 Å². The van der Waals surface area contributed by atoms with Gasteiger partial charge in [0, 0.05) is 6.04 Å². The first-order valence-electron chi connectivity index (χ1n) is 8.49. The Bertz CT molecular complexity index is 384. The van der Waals surface area contributed by atoms with Crippen LogP contribution in [0.2, 0.25) is 0 Å². The average Bonchev–Trinajstić information content (AvgIpc) is 2.43. The second-order valence-electron chi connectivity index (χ2n) is 6.66. The van der Waals surface area contributed by atoms with E-state index in [4.69, 9.17) is 0 Å². The Labute approximate surface area is 125 Å². The molecule has 20 heavy (non-hydrogen) atoms. The van der Waals surface area contributed by atoms with Gasteiger partial charge >= 0.3 is 0 Å². The van der Waals surface area contributed by atoms with Gasteiger partial charge in [-0.3, -0.25) is 0 Å². The first-order valence-corrected chi connectivity index (χ1v) is 8.49. The van der Waals surface area contributed by atoms with E-state index in [1.165, 1.54) is 61.6 Å². The van der Waals surface area contributed by atoms with Gasteiger partial charge < -0.3 is 5.32 Å². The van der Waals surface area contributed by atoms with Gasteiger partial charge in [0.25, 0.3) is 0 Å². The van der Waals surface area contributed by atoms with Crippen molar-refractivity contribution in [1.29, 1.82) is 0 Å². The largest absolute Gasteiger partial charge is 0.313 e. The molecule has 1 N–H and O–H groups in total. The summed E-state index contributed by atoms with van der Waals surface area (Å²) in [7, 11) is 0. The maximum atomic E-state index is 3.83. The fourth-order valence-corrected chi connectivity index (χ4v) is 3.71. The fourth-order valence-electron chi connectivity index (χ4n) is 3.71. The fraction of sp³-hybridized carbons (Fsp3) is 0.684. The summed E-state index contributed by atoms with van der Waals surface area (Å²) in [5.41, 5.74) is 4.32. The van der Waals surface area contributed by atoms with Crippen molar-refractivity contribution >= 4 is 0 Å². The summed E-state index contributed by atoms with van der Waals surface area (Å²) in [6.45, 7) is 7.85. The number of hydrogen-bond donors (Lipinski definition) is 1. The highest BCUT2D eigenvalue weighted by Crippen LogP contribution is 2.28. The van der Waals surface area contributed by atoms with Gasteiger partial charge in [0.2, 0.25) is 0 Å². The summed E-state index contributed by atoms with van der Waals surface area (Å²) in [5, 5.41) is 3.83. The monoisotopic (exact) mass is 273 g/mol. The van der Waals surface area contributed by atoms with Gasteiger partial charge in [0.15, 0.2) is 0 Å². The molecule has 0 bridgehead atoms. The highest BCUT2D eigenvalue weighted by atomic mass is 14.9. The molecule has 0 saturated heterocycles. The van der Waals surface area contributed by atoms with Gasteiger partial charge in [-0.1, -0.05) is 55.5 Å². The molecule has 112 valence electrons. The van der Waals surface area contributed by atoms with E-state index >= 15 is 0 Å². The van der Waals surface area contributed by atoms with Crippen LogP contribution in [0.1, 0.15) is 62.1 Å². The van der Waals surface area contributed by atoms with Gasteiger partial charge in [-0.25, -0.2) is 0 Å². The molecule has 1 heteroatoms. The first-order chi connectivity index (χ1) is 9.69. The van der Waals surface area contributed by atoms with Gasteiger partial charge in [-0.2, -0.15) is 0 Å². The lowest BCUT2D eigenvalue weighted by Gasteiger charge is -2.31. The van der Waals surface area contributed by atoms with Crippen molar-refractivity contribution < 1.29 is 0 Å². The summed E-state index contributed by atoms with van der Waals surface area (Å²) in [6.07, 6.45) is 9.59. The summed E-state index contributed by atoms with van der Waals surface area (Å²) in [4.78, 5) is 0. The van der Waals surface area contributed by atoms with Crippen LogP contribution in [-0.2, 0) is 6.42 Å². The standard InChI is InChI=1S/C19H31N/c1-4-10-20-19(18-8-6-5-7-9-18)14-17-12-15(2)11-16(3)13-17/h11-13,18-20H,4-10,14H2,1-3H3. The first kappa shape index (κ1) is 15.6. The zero-order chi connectivity index (χ0) is 14.4. The van der Waals surface area contributed by atoms with Crippen molar-refractivity contribution in [3.63, 3.8) is 0 Å². The van der Waals surface area contributed by atoms with Crippen LogP contribution in [0.4, 0.5) is 0 Å². The molecule has 0 heterocycles. The molecule has 0 aliphatic heterocycles. The van der Waals surface area contributed by atoms with E-state index in [1.807, 2.05) is 0 Å². The lowest BCUT2D eigenvalue weighted by molar-refractivity contribution is 0.267. The summed E-state index contributed by atoms with van der Waals surface area (Å²) < 4.78 is 0. The van der Waals surface area contributed by atoms with Crippen molar-refractivity contribution in [2.45, 2.75) is 71.8 Å². The average molecular weight is 273 g/mol. The molecule has 0 aromatic heterocycles. The maximum absolute atomic E-state index is 3.83. The molecule has 1 atom stereocenters. The van der Waals surface area contributed by atoms with Crippen LogP contribution in [0.3, 0.4) is 0 Å². The van der Waals surface area contributed by atoms with Gasteiger partial charge in [-0.05, 0) is 57.6 Å². The van der Waals surface area contributed by atoms with Gasteiger partial charge in [0.05, 0.1) is 0 Å². The minimum absolute atomic E-state index is 0.677. The number of aryl methyl sites for hydroxylation is 2. The van der Waals surface area contributed by atoms with E-state index in [0.717, 1.165) is 12.5 Å². The van der Waals surface area contributed by atoms with Crippen LogP contribution < -0.4 is 5.32 Å². The molecule has 0 radical (unpaired) electrons. The number of nitrogens with one attached hydrogen (secondary N) is 1. The lowest BCUT2D eigenvalue weighted by Crippen LogP contribution is -2.39. The Balaban J connectivity index is 2.05. The quantitative estimate of drug-likeness (QED) is 0.785. The second kappa shape index (κ2) is 7.83. The Hall–Kier alpha value is -0.820. The van der Waals surface area contributed by atoms with Crippen LogP contribution >= 0.6 is 0 Å². The molecule has 1 unspecified atom stereocenters. The van der Waals surface area contributed by atoms with E-state index in [2.05, 4.69) is 44.3 Å². The Morgan fingerprint density at radius 2 is 1.70 bits per heavy atom. The van der Waals surface area contributed by atoms with Gasteiger partial charge in [0.1, 0.15) is 0 Å². The van der Waals surface area contributed by atoms with Crippen LogP contribution in [0, 0.1) is 19.8 Å². The molecule has 0 spiro atoms. The van der Waals surface area contributed by atoms with Crippen molar-refractivity contribution in [3.8, 4) is 0 Å². The number of hydrogen-bond acceptors (Lipinski definition) is 1. The topological polar surface area (TPSA) is 12.0 Å². The third-order valence-electron chi connectivity index (χ3n) is 4.61. The summed E-state index contributed by atoms with van der Waals surface area (Å²) in [5.74, 6) is 0.885. The molecule has 1 aliphatic carbocycles. The SMILES string of the molecule is CCCNC(Cc1cc(C)cc(C)c1)C1CCCCC1. The number of benzene rings is 1. The third kappa shape index (κ3) is 4.63. The molecule has 1 saturated carbocycles. The molecule has 1 aromatic carbocycles. The van der Waals surface area contributed by atoms with E-state index in [-0.39, 0.29) is 0 Å². The summed E-state index contributed by atoms with van der Waals surface area (Å²) >= 11 is 0. The van der Waals surface area contributed by atoms with E-state index in [9.17, 15) is 0 Å². The van der Waals surface area contributed by atoms with Crippen molar-refractivity contribution in [2.75, 3.05) is 6.54 Å². The molecule has 2 rings (SSSR count). The zero-order valence-corrected chi connectivity index (χ0v) is 13.5.